The number of aryl methyl sites for hydroxylation is 2. The molecule has 0 radical (unpaired) electrons. The van der Waals surface area contributed by atoms with Crippen LogP contribution in [0, 0.1) is 19.7 Å². The van der Waals surface area contributed by atoms with Crippen molar-refractivity contribution in [1.29, 1.82) is 0 Å². The van der Waals surface area contributed by atoms with Crippen LogP contribution in [0.5, 0.6) is 5.75 Å². The van der Waals surface area contributed by atoms with Crippen molar-refractivity contribution in [3.05, 3.63) is 63.4 Å². The Morgan fingerprint density at radius 1 is 1.30 bits per heavy atom. The van der Waals surface area contributed by atoms with E-state index in [-0.39, 0.29) is 6.61 Å². The number of rotatable bonds is 5. The van der Waals surface area contributed by atoms with Crippen LogP contribution in [0.25, 0.3) is 0 Å². The zero-order valence-corrected chi connectivity index (χ0v) is 14.4. The molecule has 1 N–H and O–H groups in total. The molecule has 0 saturated carbocycles. The van der Waals surface area contributed by atoms with Crippen LogP contribution < -0.4 is 10.2 Å². The maximum atomic E-state index is 13.4. The normalized spacial score (nSPS) is 10.8. The van der Waals surface area contributed by atoms with Crippen LogP contribution in [-0.4, -0.2) is 18.7 Å². The number of benzene rings is 2. The molecular weight excluding hydrogens is 363 g/mol. The molecule has 4 nitrogen and oxygen atoms in total. The van der Waals surface area contributed by atoms with Crippen LogP contribution in [0.3, 0.4) is 0 Å². The second kappa shape index (κ2) is 7.87. The van der Waals surface area contributed by atoms with Gasteiger partial charge in [0, 0.05) is 10.0 Å². The summed E-state index contributed by atoms with van der Waals surface area (Å²) >= 11 is 3.40. The number of halogens is 2. The SMILES string of the molecule is Cc1cc(Br)cc(C)c1OCC(=O)N/N=C\c1ccccc1F. The molecule has 0 fully saturated rings. The van der Waals surface area contributed by atoms with E-state index in [1.54, 1.807) is 18.2 Å². The molecule has 2 aromatic carbocycles. The molecule has 0 aliphatic carbocycles. The monoisotopic (exact) mass is 378 g/mol. The Bertz CT molecular complexity index is 724. The van der Waals surface area contributed by atoms with E-state index in [2.05, 4.69) is 26.5 Å². The zero-order valence-electron chi connectivity index (χ0n) is 12.8. The van der Waals surface area contributed by atoms with Crippen molar-refractivity contribution < 1.29 is 13.9 Å². The smallest absolute Gasteiger partial charge is 0.277 e. The van der Waals surface area contributed by atoms with Gasteiger partial charge >= 0.3 is 0 Å². The summed E-state index contributed by atoms with van der Waals surface area (Å²) < 4.78 is 19.9. The van der Waals surface area contributed by atoms with Gasteiger partial charge in [-0.2, -0.15) is 5.10 Å². The molecule has 2 rings (SSSR count). The lowest BCUT2D eigenvalue weighted by molar-refractivity contribution is -0.123. The molecule has 0 spiro atoms. The van der Waals surface area contributed by atoms with Crippen molar-refractivity contribution >= 4 is 28.1 Å². The quantitative estimate of drug-likeness (QED) is 0.636. The number of ether oxygens (including phenoxy) is 1. The lowest BCUT2D eigenvalue weighted by Crippen LogP contribution is -2.25. The van der Waals surface area contributed by atoms with Gasteiger partial charge < -0.3 is 4.74 Å². The van der Waals surface area contributed by atoms with Gasteiger partial charge in [0.25, 0.3) is 5.91 Å². The molecular formula is C17H16BrFN2O2. The summed E-state index contributed by atoms with van der Waals surface area (Å²) in [6.45, 7) is 3.64. The Labute approximate surface area is 142 Å². The highest BCUT2D eigenvalue weighted by molar-refractivity contribution is 9.10. The Morgan fingerprint density at radius 2 is 1.96 bits per heavy atom. The highest BCUT2D eigenvalue weighted by Crippen LogP contribution is 2.27. The largest absolute Gasteiger partial charge is 0.483 e. The second-order valence-corrected chi connectivity index (χ2v) is 5.89. The van der Waals surface area contributed by atoms with Crippen molar-refractivity contribution in [2.45, 2.75) is 13.8 Å². The molecule has 0 unspecified atom stereocenters. The summed E-state index contributed by atoms with van der Waals surface area (Å²) in [6, 6.07) is 9.99. The first-order valence-electron chi connectivity index (χ1n) is 6.93. The van der Waals surface area contributed by atoms with Crippen molar-refractivity contribution in [1.82, 2.24) is 5.43 Å². The standard InChI is InChI=1S/C17H16BrFN2O2/c1-11-7-14(18)8-12(2)17(11)23-10-16(22)21-20-9-13-5-3-4-6-15(13)19/h3-9H,10H2,1-2H3,(H,21,22)/b20-9-. The maximum absolute atomic E-state index is 13.4. The molecule has 0 aromatic heterocycles. The topological polar surface area (TPSA) is 50.7 Å². The van der Waals surface area contributed by atoms with Gasteiger partial charge in [0.05, 0.1) is 6.21 Å². The van der Waals surface area contributed by atoms with E-state index in [4.69, 9.17) is 4.74 Å². The molecule has 23 heavy (non-hydrogen) atoms. The van der Waals surface area contributed by atoms with Gasteiger partial charge in [-0.3, -0.25) is 4.79 Å². The average molecular weight is 379 g/mol. The maximum Gasteiger partial charge on any atom is 0.277 e. The van der Waals surface area contributed by atoms with E-state index in [1.165, 1.54) is 12.3 Å². The van der Waals surface area contributed by atoms with Gasteiger partial charge in [0.15, 0.2) is 6.61 Å². The molecule has 0 atom stereocenters. The van der Waals surface area contributed by atoms with Crippen LogP contribution in [-0.2, 0) is 4.79 Å². The number of hydrogen-bond acceptors (Lipinski definition) is 3. The van der Waals surface area contributed by atoms with Crippen LogP contribution >= 0.6 is 15.9 Å². The summed E-state index contributed by atoms with van der Waals surface area (Å²) in [6.07, 6.45) is 1.25. The Balaban J connectivity index is 1.90. The minimum absolute atomic E-state index is 0.169. The molecule has 120 valence electrons. The minimum atomic E-state index is -0.417. The fourth-order valence-corrected chi connectivity index (χ4v) is 2.74. The van der Waals surface area contributed by atoms with Gasteiger partial charge in [-0.05, 0) is 43.2 Å². The van der Waals surface area contributed by atoms with Gasteiger partial charge in [0.2, 0.25) is 0 Å². The van der Waals surface area contributed by atoms with Crippen molar-refractivity contribution in [2.75, 3.05) is 6.61 Å². The van der Waals surface area contributed by atoms with Crippen LogP contribution in [0.2, 0.25) is 0 Å². The van der Waals surface area contributed by atoms with Crippen LogP contribution in [0.4, 0.5) is 4.39 Å². The highest BCUT2D eigenvalue weighted by atomic mass is 79.9. The number of carbonyl (C=O) groups is 1. The molecule has 0 heterocycles. The van der Waals surface area contributed by atoms with Crippen molar-refractivity contribution in [3.8, 4) is 5.75 Å². The number of nitrogens with one attached hydrogen (secondary N) is 1. The summed E-state index contributed by atoms with van der Waals surface area (Å²) in [5, 5.41) is 3.72. The molecule has 0 saturated heterocycles. The third-order valence-corrected chi connectivity index (χ3v) is 3.53. The molecule has 0 aliphatic rings. The predicted octanol–water partition coefficient (Wildman–Crippen LogP) is 3.73. The fraction of sp³-hybridized carbons (Fsp3) is 0.176. The Hall–Kier alpha value is -2.21. The lowest BCUT2D eigenvalue weighted by Gasteiger charge is -2.11. The van der Waals surface area contributed by atoms with E-state index < -0.39 is 11.7 Å². The zero-order chi connectivity index (χ0) is 16.8. The fourth-order valence-electron chi connectivity index (χ4n) is 2.05. The molecule has 0 bridgehead atoms. The van der Waals surface area contributed by atoms with E-state index in [1.807, 2.05) is 26.0 Å². The molecule has 6 heteroatoms. The first kappa shape index (κ1) is 17.1. The summed E-state index contributed by atoms with van der Waals surface area (Å²) in [5.74, 6) is -0.149. The third kappa shape index (κ3) is 4.89. The minimum Gasteiger partial charge on any atom is -0.483 e. The first-order valence-corrected chi connectivity index (χ1v) is 7.72. The van der Waals surface area contributed by atoms with Crippen molar-refractivity contribution in [2.24, 2.45) is 5.10 Å². The summed E-state index contributed by atoms with van der Waals surface area (Å²) in [5.41, 5.74) is 4.47. The van der Waals surface area contributed by atoms with Crippen LogP contribution in [0.15, 0.2) is 46.0 Å². The average Bonchev–Trinajstić information content (AvgIpc) is 2.48. The molecule has 2 aromatic rings. The van der Waals surface area contributed by atoms with E-state index >= 15 is 0 Å². The van der Waals surface area contributed by atoms with E-state index in [9.17, 15) is 9.18 Å². The van der Waals surface area contributed by atoms with Gasteiger partial charge in [-0.25, -0.2) is 9.82 Å². The number of hydrogen-bond donors (Lipinski definition) is 1. The summed E-state index contributed by atoms with van der Waals surface area (Å²) in [4.78, 5) is 11.7. The third-order valence-electron chi connectivity index (χ3n) is 3.07. The number of nitrogens with zero attached hydrogens (tertiary/aromatic N) is 1. The van der Waals surface area contributed by atoms with Gasteiger partial charge in [0.1, 0.15) is 11.6 Å². The van der Waals surface area contributed by atoms with Crippen LogP contribution in [0.1, 0.15) is 16.7 Å². The van der Waals surface area contributed by atoms with E-state index in [0.29, 0.717) is 11.3 Å². The first-order chi connectivity index (χ1) is 11.0. The number of hydrazone groups is 1. The Morgan fingerprint density at radius 3 is 2.61 bits per heavy atom. The number of carbonyl (C=O) groups excluding carboxylic acids is 1. The van der Waals surface area contributed by atoms with E-state index in [0.717, 1.165) is 15.6 Å². The number of amides is 1. The van der Waals surface area contributed by atoms with Crippen molar-refractivity contribution in [3.63, 3.8) is 0 Å². The summed E-state index contributed by atoms with van der Waals surface area (Å²) in [7, 11) is 0. The molecule has 0 aliphatic heterocycles. The van der Waals surface area contributed by atoms with Gasteiger partial charge in [-0.1, -0.05) is 34.1 Å². The second-order valence-electron chi connectivity index (χ2n) is 4.97. The van der Waals surface area contributed by atoms with Gasteiger partial charge in [-0.15, -0.1) is 0 Å². The Kier molecular flexibility index (Phi) is 5.87. The predicted molar refractivity (Wildman–Crippen MR) is 91.2 cm³/mol. The lowest BCUT2D eigenvalue weighted by atomic mass is 10.1. The molecule has 1 amide bonds. The highest BCUT2D eigenvalue weighted by Gasteiger charge is 2.08.